The number of nitrogens with one attached hydrogen (secondary N) is 4. The number of carbonyl (C=O) groups is 1. The molecule has 0 atom stereocenters. The number of hydrogen-bond acceptors (Lipinski definition) is 11. The Hall–Kier alpha value is -4.00. The smallest absolute Gasteiger partial charge is 0.251 e. The van der Waals surface area contributed by atoms with E-state index in [0.29, 0.717) is 75.4 Å². The molecule has 1 fully saturated rings. The van der Waals surface area contributed by atoms with Crippen molar-refractivity contribution in [3.63, 3.8) is 0 Å². The highest BCUT2D eigenvalue weighted by Crippen LogP contribution is 2.28. The molecule has 0 radical (unpaired) electrons. The summed E-state index contributed by atoms with van der Waals surface area (Å²) in [5, 5.41) is 12.9. The van der Waals surface area contributed by atoms with Crippen molar-refractivity contribution in [2.24, 2.45) is 17.6 Å². The molecule has 1 saturated carbocycles. The number of rotatable bonds is 18. The van der Waals surface area contributed by atoms with Crippen LogP contribution in [0.25, 0.3) is 0 Å². The van der Waals surface area contributed by atoms with Crippen LogP contribution in [0.5, 0.6) is 5.75 Å². The third-order valence-electron chi connectivity index (χ3n) is 7.50. The zero-order chi connectivity index (χ0) is 31.0. The first kappa shape index (κ1) is 32.9. The van der Waals surface area contributed by atoms with E-state index in [2.05, 4.69) is 43.1 Å². The number of anilines is 4. The van der Waals surface area contributed by atoms with Gasteiger partial charge in [0.15, 0.2) is 0 Å². The first-order chi connectivity index (χ1) is 21.5. The van der Waals surface area contributed by atoms with Crippen LogP contribution in [0, 0.1) is 11.8 Å². The Balaban J connectivity index is 1.34. The monoisotopic (exact) mass is 606 g/mol. The molecule has 0 spiro atoms. The van der Waals surface area contributed by atoms with Gasteiger partial charge in [-0.25, -0.2) is 0 Å². The summed E-state index contributed by atoms with van der Waals surface area (Å²) in [6, 6.07) is 15.0. The first-order valence-electron chi connectivity index (χ1n) is 15.4. The van der Waals surface area contributed by atoms with E-state index < -0.39 is 0 Å². The van der Waals surface area contributed by atoms with Crippen molar-refractivity contribution >= 4 is 29.4 Å². The van der Waals surface area contributed by atoms with Crippen LogP contribution in [0.1, 0.15) is 48.5 Å². The van der Waals surface area contributed by atoms with Gasteiger partial charge in [0.1, 0.15) is 5.75 Å². The Morgan fingerprint density at radius 2 is 1.50 bits per heavy atom. The fourth-order valence-electron chi connectivity index (χ4n) is 4.86. The molecule has 6 N–H and O–H groups in total. The molecule has 12 heteroatoms. The molecule has 3 aromatic rings. The van der Waals surface area contributed by atoms with Crippen molar-refractivity contribution in [1.82, 2.24) is 20.3 Å². The first-order valence-corrected chi connectivity index (χ1v) is 15.4. The van der Waals surface area contributed by atoms with E-state index in [1.54, 1.807) is 19.2 Å². The third-order valence-corrected chi connectivity index (χ3v) is 7.50. The van der Waals surface area contributed by atoms with Crippen LogP contribution >= 0.6 is 0 Å². The molecule has 0 saturated heterocycles. The van der Waals surface area contributed by atoms with Gasteiger partial charge < -0.3 is 41.2 Å². The fraction of sp³-hybridized carbons (Fsp3) is 0.500. The predicted octanol–water partition coefficient (Wildman–Crippen LogP) is 4.20. The molecule has 0 unspecified atom stereocenters. The van der Waals surface area contributed by atoms with Crippen molar-refractivity contribution in [2.75, 3.05) is 69.1 Å². The van der Waals surface area contributed by atoms with Gasteiger partial charge in [0.2, 0.25) is 17.8 Å². The molecule has 1 heterocycles. The summed E-state index contributed by atoms with van der Waals surface area (Å²) in [7, 11) is 1.65. The Bertz CT molecular complexity index is 1270. The number of methoxy groups -OCH3 is 1. The quantitative estimate of drug-likeness (QED) is 0.132. The van der Waals surface area contributed by atoms with Gasteiger partial charge in [-0.1, -0.05) is 31.9 Å². The highest BCUT2D eigenvalue weighted by Gasteiger charge is 2.18. The van der Waals surface area contributed by atoms with Gasteiger partial charge in [-0.15, -0.1) is 0 Å². The van der Waals surface area contributed by atoms with Gasteiger partial charge in [0, 0.05) is 37.4 Å². The molecule has 0 aliphatic heterocycles. The number of benzene rings is 2. The van der Waals surface area contributed by atoms with E-state index in [1.807, 2.05) is 36.4 Å². The molecule has 1 aromatic heterocycles. The summed E-state index contributed by atoms with van der Waals surface area (Å²) < 4.78 is 16.0. The molecule has 1 aliphatic rings. The van der Waals surface area contributed by atoms with E-state index in [0.717, 1.165) is 29.5 Å². The number of nitrogens with zero attached hydrogens (tertiary/aromatic N) is 3. The molecule has 0 bridgehead atoms. The predicted molar refractivity (Wildman–Crippen MR) is 173 cm³/mol. The Morgan fingerprint density at radius 1 is 0.841 bits per heavy atom. The number of carbonyl (C=O) groups excluding carboxylic acids is 1. The van der Waals surface area contributed by atoms with E-state index in [-0.39, 0.29) is 5.91 Å². The van der Waals surface area contributed by atoms with Gasteiger partial charge >= 0.3 is 0 Å². The van der Waals surface area contributed by atoms with Crippen LogP contribution in [-0.4, -0.2) is 74.0 Å². The molecule has 12 nitrogen and oxygen atoms in total. The molecule has 2 aromatic carbocycles. The summed E-state index contributed by atoms with van der Waals surface area (Å²) >= 11 is 0. The SMILES string of the molecule is COc1ccc(CNc2nc(NCC3CCC(C)CC3)nc(Nc3ccc(C(=O)NCCOCCOCCN)cc3)n2)cc1. The highest BCUT2D eigenvalue weighted by atomic mass is 16.5. The lowest BCUT2D eigenvalue weighted by Gasteiger charge is -2.26. The minimum atomic E-state index is -0.173. The standard InChI is InChI=1S/C32H46N8O4/c1-23-3-5-24(6-4-23)21-35-30-38-31(36-22-25-7-13-28(42-2)14-8-25)40-32(39-30)37-27-11-9-26(10-12-27)29(41)34-16-18-44-20-19-43-17-15-33/h7-14,23-24H,3-6,15-22,33H2,1-2H3,(H,34,41)(H3,35,36,37,38,39,40). The topological polar surface area (TPSA) is 158 Å². The third kappa shape index (κ3) is 11.3. The van der Waals surface area contributed by atoms with Crippen molar-refractivity contribution < 1.29 is 19.0 Å². The van der Waals surface area contributed by atoms with Crippen LogP contribution in [0.4, 0.5) is 23.5 Å². The number of nitrogens with two attached hydrogens (primary N) is 1. The lowest BCUT2D eigenvalue weighted by atomic mass is 9.83. The molecular weight excluding hydrogens is 560 g/mol. The summed E-state index contributed by atoms with van der Waals surface area (Å²) in [4.78, 5) is 26.4. The van der Waals surface area contributed by atoms with Crippen LogP contribution in [-0.2, 0) is 16.0 Å². The number of amides is 1. The van der Waals surface area contributed by atoms with E-state index in [9.17, 15) is 4.79 Å². The van der Waals surface area contributed by atoms with Crippen molar-refractivity contribution in [1.29, 1.82) is 0 Å². The molecule has 4 rings (SSSR count). The fourth-order valence-corrected chi connectivity index (χ4v) is 4.86. The van der Waals surface area contributed by atoms with Crippen LogP contribution < -0.4 is 31.7 Å². The maximum atomic E-state index is 12.5. The number of aromatic nitrogens is 3. The molecule has 44 heavy (non-hydrogen) atoms. The summed E-state index contributed by atoms with van der Waals surface area (Å²) in [6.07, 6.45) is 4.95. The number of hydrogen-bond donors (Lipinski definition) is 5. The summed E-state index contributed by atoms with van der Waals surface area (Å²) in [5.74, 6) is 3.42. The Labute approximate surface area is 259 Å². The van der Waals surface area contributed by atoms with Gasteiger partial charge in [0.05, 0.1) is 33.5 Å². The maximum absolute atomic E-state index is 12.5. The molecule has 238 valence electrons. The molecule has 1 amide bonds. The van der Waals surface area contributed by atoms with E-state index in [1.165, 1.54) is 25.7 Å². The van der Waals surface area contributed by atoms with Gasteiger partial charge in [0.25, 0.3) is 5.91 Å². The normalized spacial score (nSPS) is 16.2. The summed E-state index contributed by atoms with van der Waals surface area (Å²) in [5.41, 5.74) is 7.75. The van der Waals surface area contributed by atoms with E-state index in [4.69, 9.17) is 19.9 Å². The zero-order valence-electron chi connectivity index (χ0n) is 25.8. The second-order valence-corrected chi connectivity index (χ2v) is 11.0. The largest absolute Gasteiger partial charge is 0.497 e. The Kier molecular flexibility index (Phi) is 13.4. The van der Waals surface area contributed by atoms with Crippen molar-refractivity contribution in [2.45, 2.75) is 39.2 Å². The van der Waals surface area contributed by atoms with Crippen LogP contribution in [0.3, 0.4) is 0 Å². The average Bonchev–Trinajstić information content (AvgIpc) is 3.05. The van der Waals surface area contributed by atoms with Crippen LogP contribution in [0.2, 0.25) is 0 Å². The Morgan fingerprint density at radius 3 is 2.18 bits per heavy atom. The van der Waals surface area contributed by atoms with Gasteiger partial charge in [-0.2, -0.15) is 15.0 Å². The second kappa shape index (κ2) is 18.0. The van der Waals surface area contributed by atoms with Gasteiger partial charge in [-0.05, 0) is 66.6 Å². The van der Waals surface area contributed by atoms with Crippen molar-refractivity contribution in [3.05, 3.63) is 59.7 Å². The zero-order valence-corrected chi connectivity index (χ0v) is 25.8. The average molecular weight is 607 g/mol. The second-order valence-electron chi connectivity index (χ2n) is 11.0. The van der Waals surface area contributed by atoms with Crippen molar-refractivity contribution in [3.8, 4) is 5.75 Å². The van der Waals surface area contributed by atoms with E-state index >= 15 is 0 Å². The summed E-state index contributed by atoms with van der Waals surface area (Å²) in [6.45, 7) is 6.45. The number of ether oxygens (including phenoxy) is 3. The molecular formula is C32H46N8O4. The lowest BCUT2D eigenvalue weighted by Crippen LogP contribution is -2.27. The minimum Gasteiger partial charge on any atom is -0.497 e. The maximum Gasteiger partial charge on any atom is 0.251 e. The minimum absolute atomic E-state index is 0.173. The van der Waals surface area contributed by atoms with Gasteiger partial charge in [-0.3, -0.25) is 4.79 Å². The lowest BCUT2D eigenvalue weighted by molar-refractivity contribution is 0.0511. The highest BCUT2D eigenvalue weighted by molar-refractivity contribution is 5.94. The molecule has 1 aliphatic carbocycles. The van der Waals surface area contributed by atoms with Crippen LogP contribution in [0.15, 0.2) is 48.5 Å².